The van der Waals surface area contributed by atoms with Crippen LogP contribution in [-0.4, -0.2) is 36.5 Å². The Morgan fingerprint density at radius 3 is 2.09 bits per heavy atom. The summed E-state index contributed by atoms with van der Waals surface area (Å²) in [7, 11) is 0. The monoisotopic (exact) mass is 447 g/mol. The number of nitrogens with one attached hydrogen (secondary N) is 3. The second-order valence-corrected chi connectivity index (χ2v) is 10.1. The van der Waals surface area contributed by atoms with Gasteiger partial charge in [-0.05, 0) is 57.6 Å². The Morgan fingerprint density at radius 1 is 0.938 bits per heavy atom. The lowest BCUT2D eigenvalue weighted by Gasteiger charge is -2.30. The van der Waals surface area contributed by atoms with E-state index in [9.17, 15) is 14.4 Å². The number of hydrogen-bond acceptors (Lipinski definition) is 5. The van der Waals surface area contributed by atoms with E-state index in [1.54, 1.807) is 45.0 Å². The number of hydrogen-bond donors (Lipinski definition) is 3. The van der Waals surface area contributed by atoms with Gasteiger partial charge in [0.05, 0.1) is 11.8 Å². The van der Waals surface area contributed by atoms with Gasteiger partial charge in [0.15, 0.2) is 0 Å². The Labute approximate surface area is 193 Å². The third kappa shape index (κ3) is 10.8. The molecule has 0 aliphatic heterocycles. The molecule has 3 N–H and O–H groups in total. The van der Waals surface area contributed by atoms with Gasteiger partial charge < -0.3 is 10.1 Å². The lowest BCUT2D eigenvalue weighted by Crippen LogP contribution is -2.47. The topological polar surface area (TPSA) is 96.5 Å². The lowest BCUT2D eigenvalue weighted by molar-refractivity contribution is -0.164. The number of carbonyl (C=O) groups is 3. The fraction of sp³-hybridized carbons (Fsp3) is 0.640. The van der Waals surface area contributed by atoms with Crippen molar-refractivity contribution in [3.63, 3.8) is 0 Å². The number of ether oxygens (including phenoxy) is 1. The van der Waals surface area contributed by atoms with Crippen LogP contribution in [-0.2, 0) is 14.3 Å². The molecule has 7 heteroatoms. The molecular weight excluding hydrogens is 406 g/mol. The summed E-state index contributed by atoms with van der Waals surface area (Å²) >= 11 is 0. The molecule has 180 valence electrons. The molecule has 0 aromatic heterocycles. The van der Waals surface area contributed by atoms with Crippen molar-refractivity contribution in [2.24, 2.45) is 23.7 Å². The molecule has 32 heavy (non-hydrogen) atoms. The Bertz CT molecular complexity index is 726. The van der Waals surface area contributed by atoms with Crippen LogP contribution < -0.4 is 16.2 Å². The molecule has 0 spiro atoms. The minimum absolute atomic E-state index is 0.208. The zero-order chi connectivity index (χ0) is 24.3. The van der Waals surface area contributed by atoms with Gasteiger partial charge >= 0.3 is 5.97 Å². The molecule has 1 aromatic rings. The number of rotatable bonds is 12. The summed E-state index contributed by atoms with van der Waals surface area (Å²) in [6.07, 6.45) is 0.841. The normalized spacial score (nSPS) is 13.5. The maximum atomic E-state index is 13.1. The average Bonchev–Trinajstić information content (AvgIpc) is 2.68. The molecular formula is C25H41N3O4. The van der Waals surface area contributed by atoms with Crippen molar-refractivity contribution in [1.82, 2.24) is 16.2 Å². The molecule has 0 unspecified atom stereocenters. The van der Waals surface area contributed by atoms with Gasteiger partial charge in [0, 0.05) is 18.7 Å². The van der Waals surface area contributed by atoms with Crippen LogP contribution in [0.4, 0.5) is 0 Å². The van der Waals surface area contributed by atoms with Crippen LogP contribution in [0.2, 0.25) is 0 Å². The molecule has 0 fully saturated rings. The molecule has 0 saturated carbocycles. The summed E-state index contributed by atoms with van der Waals surface area (Å²) in [6, 6.07) is 8.90. The molecule has 2 amide bonds. The van der Waals surface area contributed by atoms with Crippen LogP contribution in [0, 0.1) is 23.7 Å². The third-order valence-corrected chi connectivity index (χ3v) is 4.76. The van der Waals surface area contributed by atoms with Crippen molar-refractivity contribution in [3.05, 3.63) is 35.9 Å². The fourth-order valence-corrected chi connectivity index (χ4v) is 3.29. The minimum Gasteiger partial charge on any atom is -0.460 e. The summed E-state index contributed by atoms with van der Waals surface area (Å²) in [5, 5.41) is 2.86. The van der Waals surface area contributed by atoms with Gasteiger partial charge in [-0.25, -0.2) is 5.43 Å². The molecule has 1 aromatic carbocycles. The predicted molar refractivity (Wildman–Crippen MR) is 127 cm³/mol. The Hall–Kier alpha value is -2.41. The smallest absolute Gasteiger partial charge is 0.310 e. The van der Waals surface area contributed by atoms with E-state index in [0.717, 1.165) is 0 Å². The molecule has 0 heterocycles. The van der Waals surface area contributed by atoms with E-state index in [4.69, 9.17) is 4.74 Å². The van der Waals surface area contributed by atoms with Crippen LogP contribution in [0.5, 0.6) is 0 Å². The highest BCUT2D eigenvalue weighted by Crippen LogP contribution is 2.27. The SMILES string of the molecule is CC(C)CNNC(=O)[C@H](CC(C)C)[C@H](CCNC(=O)c1ccccc1)C(=O)OC(C)(C)C. The van der Waals surface area contributed by atoms with Gasteiger partial charge in [0.1, 0.15) is 5.60 Å². The molecule has 0 saturated heterocycles. The second-order valence-electron chi connectivity index (χ2n) is 10.1. The zero-order valence-corrected chi connectivity index (χ0v) is 20.7. The first-order chi connectivity index (χ1) is 14.9. The summed E-state index contributed by atoms with van der Waals surface area (Å²) in [4.78, 5) is 38.5. The Balaban J connectivity index is 2.96. The van der Waals surface area contributed by atoms with Gasteiger partial charge in [-0.3, -0.25) is 19.8 Å². The highest BCUT2D eigenvalue weighted by Gasteiger charge is 2.36. The number of hydrazine groups is 1. The standard InChI is InChI=1S/C25H41N3O4/c1-17(2)15-21(23(30)28-27-16-18(3)4)20(24(31)32-25(5,6)7)13-14-26-22(29)19-11-9-8-10-12-19/h8-12,17-18,20-21,27H,13-16H2,1-7H3,(H,26,29)(H,28,30)/t20-,21+/m0/s1. The first-order valence-corrected chi connectivity index (χ1v) is 11.5. The van der Waals surface area contributed by atoms with Crippen LogP contribution >= 0.6 is 0 Å². The van der Waals surface area contributed by atoms with Crippen LogP contribution in [0.1, 0.15) is 71.7 Å². The summed E-state index contributed by atoms with van der Waals surface area (Å²) in [5.41, 5.74) is 5.60. The van der Waals surface area contributed by atoms with Crippen molar-refractivity contribution in [2.75, 3.05) is 13.1 Å². The molecule has 0 bridgehead atoms. The maximum absolute atomic E-state index is 13.1. The van der Waals surface area contributed by atoms with Crippen LogP contribution in [0.25, 0.3) is 0 Å². The van der Waals surface area contributed by atoms with E-state index in [-0.39, 0.29) is 24.3 Å². The largest absolute Gasteiger partial charge is 0.460 e. The van der Waals surface area contributed by atoms with Gasteiger partial charge in [-0.15, -0.1) is 0 Å². The van der Waals surface area contributed by atoms with Crippen molar-refractivity contribution in [2.45, 2.75) is 66.9 Å². The van der Waals surface area contributed by atoms with E-state index in [1.165, 1.54) is 0 Å². The van der Waals surface area contributed by atoms with Crippen molar-refractivity contribution in [3.8, 4) is 0 Å². The Morgan fingerprint density at radius 2 is 1.56 bits per heavy atom. The van der Waals surface area contributed by atoms with E-state index < -0.39 is 23.4 Å². The molecule has 0 aliphatic carbocycles. The zero-order valence-electron chi connectivity index (χ0n) is 20.7. The number of carbonyl (C=O) groups excluding carboxylic acids is 3. The van der Waals surface area contributed by atoms with Gasteiger partial charge in [-0.1, -0.05) is 45.9 Å². The molecule has 0 aliphatic rings. The van der Waals surface area contributed by atoms with Crippen LogP contribution in [0.3, 0.4) is 0 Å². The summed E-state index contributed by atoms with van der Waals surface area (Å²) in [6.45, 7) is 14.4. The van der Waals surface area contributed by atoms with E-state index in [0.29, 0.717) is 30.9 Å². The van der Waals surface area contributed by atoms with Crippen molar-refractivity contribution >= 4 is 17.8 Å². The van der Waals surface area contributed by atoms with Gasteiger partial charge in [0.2, 0.25) is 5.91 Å². The van der Waals surface area contributed by atoms with Crippen LogP contribution in [0.15, 0.2) is 30.3 Å². The highest BCUT2D eigenvalue weighted by molar-refractivity contribution is 5.94. The van der Waals surface area contributed by atoms with E-state index in [1.807, 2.05) is 33.8 Å². The highest BCUT2D eigenvalue weighted by atomic mass is 16.6. The molecule has 7 nitrogen and oxygen atoms in total. The fourth-order valence-electron chi connectivity index (χ4n) is 3.29. The lowest BCUT2D eigenvalue weighted by atomic mass is 9.82. The first kappa shape index (κ1) is 27.6. The van der Waals surface area contributed by atoms with E-state index in [2.05, 4.69) is 16.2 Å². The number of esters is 1. The van der Waals surface area contributed by atoms with Crippen molar-refractivity contribution < 1.29 is 19.1 Å². The van der Waals surface area contributed by atoms with Gasteiger partial charge in [-0.2, -0.15) is 0 Å². The first-order valence-electron chi connectivity index (χ1n) is 11.5. The third-order valence-electron chi connectivity index (χ3n) is 4.76. The molecule has 2 atom stereocenters. The minimum atomic E-state index is -0.673. The van der Waals surface area contributed by atoms with Gasteiger partial charge in [0.25, 0.3) is 5.91 Å². The Kier molecular flexibility index (Phi) is 11.4. The maximum Gasteiger partial charge on any atom is 0.310 e. The average molecular weight is 448 g/mol. The summed E-state index contributed by atoms with van der Waals surface area (Å²) in [5.74, 6) is -1.53. The molecule has 1 rings (SSSR count). The number of benzene rings is 1. The number of amides is 2. The van der Waals surface area contributed by atoms with Crippen molar-refractivity contribution in [1.29, 1.82) is 0 Å². The molecule has 0 radical (unpaired) electrons. The van der Waals surface area contributed by atoms with E-state index >= 15 is 0 Å². The second kappa shape index (κ2) is 13.2. The summed E-state index contributed by atoms with van der Waals surface area (Å²) < 4.78 is 5.65. The predicted octanol–water partition coefficient (Wildman–Crippen LogP) is 3.70. The quantitative estimate of drug-likeness (QED) is 0.335.